The Labute approximate surface area is 110 Å². The van der Waals surface area contributed by atoms with Gasteiger partial charge in [0.05, 0.1) is 5.69 Å². The minimum absolute atomic E-state index is 0.337. The fourth-order valence-electron chi connectivity index (χ4n) is 1.40. The molecule has 0 bridgehead atoms. The zero-order chi connectivity index (χ0) is 13.0. The SMILES string of the molecule is CSCCC(C)N(C)c1nc(C)c(C(=O)O)s1. The highest BCUT2D eigenvalue weighted by atomic mass is 32.2. The summed E-state index contributed by atoms with van der Waals surface area (Å²) in [6.07, 6.45) is 3.15. The topological polar surface area (TPSA) is 53.4 Å². The number of aryl methyl sites for hydroxylation is 1. The molecule has 1 aromatic heterocycles. The van der Waals surface area contributed by atoms with Crippen LogP contribution in [0.1, 0.15) is 28.7 Å². The summed E-state index contributed by atoms with van der Waals surface area (Å²) in [5.41, 5.74) is 0.599. The van der Waals surface area contributed by atoms with Gasteiger partial charge in [-0.2, -0.15) is 11.8 Å². The lowest BCUT2D eigenvalue weighted by atomic mass is 10.2. The smallest absolute Gasteiger partial charge is 0.347 e. The van der Waals surface area contributed by atoms with E-state index in [9.17, 15) is 4.79 Å². The first-order valence-corrected chi connectivity index (χ1v) is 7.61. The molecule has 6 heteroatoms. The van der Waals surface area contributed by atoms with E-state index >= 15 is 0 Å². The summed E-state index contributed by atoms with van der Waals surface area (Å²) in [5.74, 6) is 0.207. The van der Waals surface area contributed by atoms with E-state index in [2.05, 4.69) is 23.1 Å². The lowest BCUT2D eigenvalue weighted by Gasteiger charge is -2.23. The standard InChI is InChI=1S/C11H18N2O2S2/c1-7(5-6-16-4)13(3)11-12-8(2)9(17-11)10(14)15/h7H,5-6H2,1-4H3,(H,14,15). The fraction of sp³-hybridized carbons (Fsp3) is 0.636. The van der Waals surface area contributed by atoms with E-state index in [1.54, 1.807) is 6.92 Å². The predicted octanol–water partition coefficient (Wildman–Crippen LogP) is 2.73. The molecule has 0 spiro atoms. The van der Waals surface area contributed by atoms with Gasteiger partial charge in [0, 0.05) is 13.1 Å². The van der Waals surface area contributed by atoms with Crippen LogP contribution >= 0.6 is 23.1 Å². The Morgan fingerprint density at radius 1 is 1.65 bits per heavy atom. The number of thioether (sulfide) groups is 1. The molecule has 0 aliphatic heterocycles. The molecule has 1 unspecified atom stereocenters. The minimum atomic E-state index is -0.892. The van der Waals surface area contributed by atoms with E-state index in [4.69, 9.17) is 5.11 Å². The summed E-state index contributed by atoms with van der Waals surface area (Å²) in [6.45, 7) is 3.87. The van der Waals surface area contributed by atoms with Gasteiger partial charge in [-0.05, 0) is 32.3 Å². The first-order chi connectivity index (χ1) is 7.97. The maximum absolute atomic E-state index is 10.9. The van der Waals surface area contributed by atoms with Gasteiger partial charge in [-0.25, -0.2) is 9.78 Å². The largest absolute Gasteiger partial charge is 0.477 e. The zero-order valence-corrected chi connectivity index (χ0v) is 12.2. The lowest BCUT2D eigenvalue weighted by molar-refractivity contribution is 0.0701. The summed E-state index contributed by atoms with van der Waals surface area (Å²) < 4.78 is 0. The number of anilines is 1. The molecule has 0 aromatic carbocycles. The molecule has 1 rings (SSSR count). The molecule has 1 heterocycles. The van der Waals surface area contributed by atoms with Gasteiger partial charge in [0.2, 0.25) is 0 Å². The quantitative estimate of drug-likeness (QED) is 0.864. The minimum Gasteiger partial charge on any atom is -0.477 e. The molecule has 17 heavy (non-hydrogen) atoms. The molecule has 1 atom stereocenters. The van der Waals surface area contributed by atoms with E-state index in [-0.39, 0.29) is 0 Å². The van der Waals surface area contributed by atoms with E-state index in [1.807, 2.05) is 18.8 Å². The summed E-state index contributed by atoms with van der Waals surface area (Å²) in [7, 11) is 1.97. The molecule has 1 N–H and O–H groups in total. The van der Waals surface area contributed by atoms with Crippen LogP contribution < -0.4 is 4.90 Å². The Hall–Kier alpha value is -0.750. The number of nitrogens with zero attached hydrogens (tertiary/aromatic N) is 2. The maximum atomic E-state index is 10.9. The Kier molecular flexibility index (Phi) is 5.27. The van der Waals surface area contributed by atoms with E-state index in [0.717, 1.165) is 17.3 Å². The first-order valence-electron chi connectivity index (χ1n) is 5.39. The van der Waals surface area contributed by atoms with Gasteiger partial charge in [0.15, 0.2) is 5.13 Å². The summed E-state index contributed by atoms with van der Waals surface area (Å²) in [4.78, 5) is 17.7. The number of carboxylic acids is 1. The summed E-state index contributed by atoms with van der Waals surface area (Å²) >= 11 is 3.06. The third kappa shape index (κ3) is 3.61. The average molecular weight is 274 g/mol. The average Bonchev–Trinajstić information content (AvgIpc) is 2.67. The normalized spacial score (nSPS) is 12.5. The van der Waals surface area contributed by atoms with Crippen molar-refractivity contribution in [3.05, 3.63) is 10.6 Å². The monoisotopic (exact) mass is 274 g/mol. The van der Waals surface area contributed by atoms with Gasteiger partial charge in [-0.1, -0.05) is 11.3 Å². The molecule has 4 nitrogen and oxygen atoms in total. The molecule has 1 aromatic rings. The van der Waals surface area contributed by atoms with Crippen LogP contribution in [0.25, 0.3) is 0 Å². The van der Waals surface area contributed by atoms with E-state index in [1.165, 1.54) is 11.3 Å². The van der Waals surface area contributed by atoms with Crippen LogP contribution in [0.3, 0.4) is 0 Å². The second-order valence-electron chi connectivity index (χ2n) is 3.96. The maximum Gasteiger partial charge on any atom is 0.347 e. The Balaban J connectivity index is 2.78. The number of aromatic nitrogens is 1. The van der Waals surface area contributed by atoms with Crippen molar-refractivity contribution in [1.29, 1.82) is 0 Å². The van der Waals surface area contributed by atoms with E-state index < -0.39 is 5.97 Å². The van der Waals surface area contributed by atoms with Gasteiger partial charge in [0.25, 0.3) is 0 Å². The van der Waals surface area contributed by atoms with Gasteiger partial charge >= 0.3 is 5.97 Å². The first kappa shape index (κ1) is 14.3. The Bertz CT molecular complexity index is 393. The van der Waals surface area contributed by atoms with Crippen LogP contribution in [-0.2, 0) is 0 Å². The lowest BCUT2D eigenvalue weighted by Crippen LogP contribution is -2.29. The highest BCUT2D eigenvalue weighted by molar-refractivity contribution is 7.98. The molecule has 96 valence electrons. The van der Waals surface area contributed by atoms with Crippen LogP contribution in [0, 0.1) is 6.92 Å². The van der Waals surface area contributed by atoms with Crippen molar-refractivity contribution in [3.63, 3.8) is 0 Å². The van der Waals surface area contributed by atoms with Crippen LogP contribution in [0.15, 0.2) is 0 Å². The Morgan fingerprint density at radius 3 is 2.76 bits per heavy atom. The van der Waals surface area contributed by atoms with Crippen molar-refractivity contribution in [3.8, 4) is 0 Å². The highest BCUT2D eigenvalue weighted by Crippen LogP contribution is 2.27. The Morgan fingerprint density at radius 2 is 2.29 bits per heavy atom. The van der Waals surface area contributed by atoms with Crippen LogP contribution in [-0.4, -0.2) is 41.2 Å². The number of carboxylic acid groups (broad SMARTS) is 1. The van der Waals surface area contributed by atoms with Crippen molar-refractivity contribution in [2.45, 2.75) is 26.3 Å². The van der Waals surface area contributed by atoms with Crippen molar-refractivity contribution in [1.82, 2.24) is 4.98 Å². The molecular weight excluding hydrogens is 256 g/mol. The van der Waals surface area contributed by atoms with Gasteiger partial charge in [-0.3, -0.25) is 0 Å². The molecule has 0 saturated heterocycles. The van der Waals surface area contributed by atoms with Crippen LogP contribution in [0.4, 0.5) is 5.13 Å². The third-order valence-corrected chi connectivity index (χ3v) is 4.56. The second kappa shape index (κ2) is 6.26. The highest BCUT2D eigenvalue weighted by Gasteiger charge is 2.18. The number of rotatable bonds is 6. The van der Waals surface area contributed by atoms with Crippen molar-refractivity contribution >= 4 is 34.2 Å². The summed E-state index contributed by atoms with van der Waals surface area (Å²) in [6, 6.07) is 0.370. The molecule has 0 fully saturated rings. The van der Waals surface area contributed by atoms with Crippen molar-refractivity contribution in [2.24, 2.45) is 0 Å². The molecule has 0 aliphatic carbocycles. The van der Waals surface area contributed by atoms with Gasteiger partial charge in [-0.15, -0.1) is 0 Å². The second-order valence-corrected chi connectivity index (χ2v) is 5.92. The third-order valence-electron chi connectivity index (χ3n) is 2.68. The van der Waals surface area contributed by atoms with Crippen LogP contribution in [0.2, 0.25) is 0 Å². The molecule has 0 radical (unpaired) electrons. The molecule has 0 saturated carbocycles. The van der Waals surface area contributed by atoms with Gasteiger partial charge in [0.1, 0.15) is 4.88 Å². The number of hydrogen-bond donors (Lipinski definition) is 1. The number of hydrogen-bond acceptors (Lipinski definition) is 5. The van der Waals surface area contributed by atoms with E-state index in [0.29, 0.717) is 16.6 Å². The van der Waals surface area contributed by atoms with Crippen molar-refractivity contribution < 1.29 is 9.90 Å². The summed E-state index contributed by atoms with van der Waals surface area (Å²) in [5, 5.41) is 9.78. The zero-order valence-electron chi connectivity index (χ0n) is 10.6. The number of thiazole rings is 1. The number of aromatic carboxylic acids is 1. The predicted molar refractivity (Wildman–Crippen MR) is 74.7 cm³/mol. The fourth-order valence-corrected chi connectivity index (χ4v) is 2.95. The van der Waals surface area contributed by atoms with Gasteiger partial charge < -0.3 is 10.0 Å². The molecular formula is C11H18N2O2S2. The number of carbonyl (C=O) groups is 1. The van der Waals surface area contributed by atoms with Crippen LogP contribution in [0.5, 0.6) is 0 Å². The molecule has 0 aliphatic rings. The van der Waals surface area contributed by atoms with Crippen molar-refractivity contribution in [2.75, 3.05) is 24.0 Å². The molecule has 0 amide bonds.